The quantitative estimate of drug-likeness (QED) is 0.820. The molecular weight excluding hydrogens is 396 g/mol. The van der Waals surface area contributed by atoms with Crippen molar-refractivity contribution in [2.75, 3.05) is 19.3 Å². The summed E-state index contributed by atoms with van der Waals surface area (Å²) in [5.74, 6) is 0.814. The Balaban J connectivity index is 1.37. The van der Waals surface area contributed by atoms with E-state index in [1.807, 2.05) is 0 Å². The van der Waals surface area contributed by atoms with Crippen molar-refractivity contribution in [3.8, 4) is 0 Å². The van der Waals surface area contributed by atoms with Gasteiger partial charge in [0.15, 0.2) is 0 Å². The second-order valence-electron chi connectivity index (χ2n) is 8.91. The molecule has 3 aliphatic carbocycles. The standard InChI is InChI=1S/C24H28N2O3S/c1-30(28,29)26-13-7-6-12-22(26)24(27)25-15-16-14-21-17-8-2-4-10-19(17)23(16)20-11-5-3-9-18(20)21/h2-5,8-11,16,21-23H,6-7,12-15H2,1H3,(H,25,27). The van der Waals surface area contributed by atoms with E-state index < -0.39 is 16.1 Å². The molecule has 2 unspecified atom stereocenters. The van der Waals surface area contributed by atoms with E-state index in [1.165, 1.54) is 32.8 Å². The van der Waals surface area contributed by atoms with Crippen LogP contribution in [0.5, 0.6) is 0 Å². The van der Waals surface area contributed by atoms with Crippen molar-refractivity contribution in [1.29, 1.82) is 0 Å². The highest BCUT2D eigenvalue weighted by molar-refractivity contribution is 7.88. The number of carbonyl (C=O) groups excluding carboxylic acids is 1. The first-order valence-electron chi connectivity index (χ1n) is 10.9. The number of carbonyl (C=O) groups is 1. The molecule has 0 saturated carbocycles. The average Bonchev–Trinajstić information content (AvgIpc) is 2.77. The Bertz CT molecular complexity index is 1030. The topological polar surface area (TPSA) is 66.5 Å². The van der Waals surface area contributed by atoms with E-state index in [2.05, 4.69) is 53.8 Å². The van der Waals surface area contributed by atoms with Crippen molar-refractivity contribution in [2.45, 2.75) is 43.6 Å². The molecule has 1 saturated heterocycles. The molecule has 1 amide bonds. The summed E-state index contributed by atoms with van der Waals surface area (Å²) in [4.78, 5) is 13.0. The van der Waals surface area contributed by atoms with E-state index in [-0.39, 0.29) is 11.8 Å². The van der Waals surface area contributed by atoms with E-state index in [1.54, 1.807) is 0 Å². The molecule has 30 heavy (non-hydrogen) atoms. The van der Waals surface area contributed by atoms with Gasteiger partial charge in [0, 0.05) is 24.9 Å². The lowest BCUT2D eigenvalue weighted by atomic mass is 9.59. The number of rotatable bonds is 4. The van der Waals surface area contributed by atoms with Gasteiger partial charge in [-0.2, -0.15) is 4.31 Å². The van der Waals surface area contributed by atoms with Gasteiger partial charge in [0.05, 0.1) is 6.26 Å². The number of piperidine rings is 1. The Labute approximate surface area is 178 Å². The third-order valence-electron chi connectivity index (χ3n) is 7.14. The molecule has 6 rings (SSSR count). The van der Waals surface area contributed by atoms with Gasteiger partial charge < -0.3 is 5.32 Å². The maximum atomic E-state index is 13.0. The monoisotopic (exact) mass is 424 g/mol. The van der Waals surface area contributed by atoms with E-state index in [0.29, 0.717) is 31.3 Å². The second-order valence-corrected chi connectivity index (χ2v) is 10.8. The second kappa shape index (κ2) is 7.50. The maximum absolute atomic E-state index is 13.0. The van der Waals surface area contributed by atoms with Gasteiger partial charge in [-0.1, -0.05) is 55.0 Å². The van der Waals surface area contributed by atoms with Crippen LogP contribution < -0.4 is 5.32 Å². The number of hydrogen-bond donors (Lipinski definition) is 1. The number of nitrogens with zero attached hydrogens (tertiary/aromatic N) is 1. The van der Waals surface area contributed by atoms with Gasteiger partial charge in [0.25, 0.3) is 0 Å². The lowest BCUT2D eigenvalue weighted by Gasteiger charge is -2.45. The lowest BCUT2D eigenvalue weighted by Crippen LogP contribution is -2.52. The van der Waals surface area contributed by atoms with Crippen LogP contribution in [0.2, 0.25) is 0 Å². The van der Waals surface area contributed by atoms with Gasteiger partial charge in [-0.05, 0) is 47.4 Å². The minimum atomic E-state index is -3.38. The molecule has 1 heterocycles. The third-order valence-corrected chi connectivity index (χ3v) is 8.43. The van der Waals surface area contributed by atoms with Crippen LogP contribution in [0.15, 0.2) is 48.5 Å². The predicted molar refractivity (Wildman–Crippen MR) is 117 cm³/mol. The summed E-state index contributed by atoms with van der Waals surface area (Å²) in [7, 11) is -3.38. The van der Waals surface area contributed by atoms with Crippen molar-refractivity contribution >= 4 is 15.9 Å². The molecule has 2 atom stereocenters. The lowest BCUT2D eigenvalue weighted by molar-refractivity contribution is -0.125. The van der Waals surface area contributed by atoms with Crippen molar-refractivity contribution in [1.82, 2.24) is 9.62 Å². The van der Waals surface area contributed by atoms with E-state index >= 15 is 0 Å². The van der Waals surface area contributed by atoms with Crippen LogP contribution in [0.3, 0.4) is 0 Å². The summed E-state index contributed by atoms with van der Waals surface area (Å²) in [6, 6.07) is 16.8. The Morgan fingerprint density at radius 1 is 1.00 bits per heavy atom. The fourth-order valence-corrected chi connectivity index (χ4v) is 7.00. The molecular formula is C24H28N2O3S. The maximum Gasteiger partial charge on any atom is 0.238 e. The molecule has 0 radical (unpaired) electrons. The zero-order valence-electron chi connectivity index (χ0n) is 17.3. The van der Waals surface area contributed by atoms with Gasteiger partial charge in [0.1, 0.15) is 6.04 Å². The van der Waals surface area contributed by atoms with Crippen LogP contribution in [-0.4, -0.2) is 44.0 Å². The minimum absolute atomic E-state index is 0.150. The predicted octanol–water partition coefficient (Wildman–Crippen LogP) is 3.21. The van der Waals surface area contributed by atoms with Crippen molar-refractivity contribution < 1.29 is 13.2 Å². The molecule has 2 aromatic carbocycles. The van der Waals surface area contributed by atoms with Crippen LogP contribution in [0.25, 0.3) is 0 Å². The molecule has 0 spiro atoms. The smallest absolute Gasteiger partial charge is 0.238 e. The molecule has 1 fully saturated rings. The Morgan fingerprint density at radius 3 is 2.20 bits per heavy atom. The molecule has 6 heteroatoms. The first-order valence-corrected chi connectivity index (χ1v) is 12.7. The molecule has 4 aliphatic rings. The summed E-state index contributed by atoms with van der Waals surface area (Å²) in [5, 5.41) is 3.13. The first-order chi connectivity index (χ1) is 14.4. The number of amides is 1. The molecule has 158 valence electrons. The van der Waals surface area contributed by atoms with Gasteiger partial charge in [0.2, 0.25) is 15.9 Å². The Morgan fingerprint density at radius 2 is 1.60 bits per heavy atom. The summed E-state index contributed by atoms with van der Waals surface area (Å²) in [5.41, 5.74) is 5.59. The summed E-state index contributed by atoms with van der Waals surface area (Å²) >= 11 is 0. The molecule has 0 aromatic heterocycles. The highest BCUT2D eigenvalue weighted by Crippen LogP contribution is 2.55. The zero-order chi connectivity index (χ0) is 20.9. The van der Waals surface area contributed by atoms with Crippen molar-refractivity contribution in [3.05, 3.63) is 70.8 Å². The van der Waals surface area contributed by atoms with E-state index in [4.69, 9.17) is 0 Å². The van der Waals surface area contributed by atoms with Gasteiger partial charge in [-0.3, -0.25) is 4.79 Å². The molecule has 5 nitrogen and oxygen atoms in total. The van der Waals surface area contributed by atoms with Crippen molar-refractivity contribution in [3.63, 3.8) is 0 Å². The van der Waals surface area contributed by atoms with Crippen LogP contribution >= 0.6 is 0 Å². The van der Waals surface area contributed by atoms with E-state index in [9.17, 15) is 13.2 Å². The fourth-order valence-electron chi connectivity index (χ4n) is 5.87. The van der Waals surface area contributed by atoms with Crippen LogP contribution in [0, 0.1) is 5.92 Å². The van der Waals surface area contributed by atoms with Gasteiger partial charge >= 0.3 is 0 Å². The number of benzene rings is 2. The highest BCUT2D eigenvalue weighted by atomic mass is 32.2. The molecule has 2 aromatic rings. The Hall–Kier alpha value is -2.18. The van der Waals surface area contributed by atoms with Gasteiger partial charge in [-0.15, -0.1) is 0 Å². The van der Waals surface area contributed by atoms with Crippen LogP contribution in [-0.2, 0) is 14.8 Å². The van der Waals surface area contributed by atoms with Crippen LogP contribution in [0.1, 0.15) is 59.8 Å². The number of fused-ring (bicyclic) bond motifs is 1. The SMILES string of the molecule is CS(=O)(=O)N1CCCCC1C(=O)NCC1CC2c3ccccc3C1c1ccccc12. The summed E-state index contributed by atoms with van der Waals surface area (Å²) in [6.45, 7) is 1.02. The number of nitrogens with one attached hydrogen (secondary N) is 1. The van der Waals surface area contributed by atoms with Crippen molar-refractivity contribution in [2.24, 2.45) is 5.92 Å². The average molecular weight is 425 g/mol. The highest BCUT2D eigenvalue weighted by Gasteiger charge is 2.43. The summed E-state index contributed by atoms with van der Waals surface area (Å²) < 4.78 is 25.6. The van der Waals surface area contributed by atoms with Gasteiger partial charge in [-0.25, -0.2) is 8.42 Å². The number of sulfonamides is 1. The molecule has 2 bridgehead atoms. The van der Waals surface area contributed by atoms with E-state index in [0.717, 1.165) is 19.3 Å². The minimum Gasteiger partial charge on any atom is -0.354 e. The fraction of sp³-hybridized carbons (Fsp3) is 0.458. The first kappa shape index (κ1) is 19.8. The van der Waals surface area contributed by atoms with Crippen LogP contribution in [0.4, 0.5) is 0 Å². The Kier molecular flexibility index (Phi) is 4.94. The number of hydrogen-bond acceptors (Lipinski definition) is 3. The largest absolute Gasteiger partial charge is 0.354 e. The normalized spacial score (nSPS) is 27.9. The zero-order valence-corrected chi connectivity index (χ0v) is 18.1. The summed E-state index contributed by atoms with van der Waals surface area (Å²) in [6.07, 6.45) is 4.52. The third kappa shape index (κ3) is 3.26. The molecule has 1 N–H and O–H groups in total. The molecule has 1 aliphatic heterocycles.